The maximum atomic E-state index is 12.1. The summed E-state index contributed by atoms with van der Waals surface area (Å²) in [5, 5.41) is 3.59. The molecule has 0 aromatic carbocycles. The number of ether oxygens (including phenoxy) is 1. The summed E-state index contributed by atoms with van der Waals surface area (Å²) in [6.45, 7) is 7.34. The molecule has 1 aliphatic heterocycles. The van der Waals surface area contributed by atoms with E-state index in [9.17, 15) is 4.79 Å². The topological polar surface area (TPSA) is 41.6 Å². The third-order valence-electron chi connectivity index (χ3n) is 5.10. The first-order valence-corrected chi connectivity index (χ1v) is 9.04. The molecule has 124 valence electrons. The zero-order chi connectivity index (χ0) is 15.9. The highest BCUT2D eigenvalue weighted by molar-refractivity contribution is 7.80. The third kappa shape index (κ3) is 3.55. The lowest BCUT2D eigenvalue weighted by Gasteiger charge is -2.27. The first-order valence-electron chi connectivity index (χ1n) is 8.63. The molecule has 0 bridgehead atoms. The van der Waals surface area contributed by atoms with E-state index in [-0.39, 0.29) is 6.09 Å². The lowest BCUT2D eigenvalue weighted by molar-refractivity contribution is 0.0270. The number of hydrogen-bond donors (Lipinski definition) is 1. The van der Waals surface area contributed by atoms with Gasteiger partial charge in [-0.2, -0.15) is 0 Å². The van der Waals surface area contributed by atoms with Gasteiger partial charge in [-0.3, -0.25) is 0 Å². The zero-order valence-electron chi connectivity index (χ0n) is 13.9. The Balaban J connectivity index is 1.44. The van der Waals surface area contributed by atoms with Crippen LogP contribution >= 0.6 is 12.2 Å². The first kappa shape index (κ1) is 16.0. The molecule has 4 nitrogen and oxygen atoms in total. The standard InChI is InChI=1S/C17H28N2O2S/c1-17(2,3)21-16(20)19-9-12-13(10-19)14(12)15(22)18-11-7-5-4-6-8-11/h11-14H,4-10H2,1-3H3,(H,18,22)/t12-,13?,14?/m1/s1. The number of nitrogens with one attached hydrogen (secondary N) is 1. The van der Waals surface area contributed by atoms with Crippen LogP contribution in [0.25, 0.3) is 0 Å². The number of carbonyl (C=O) groups is 1. The molecule has 1 N–H and O–H groups in total. The van der Waals surface area contributed by atoms with Crippen LogP contribution in [-0.2, 0) is 4.74 Å². The molecular formula is C17H28N2O2S. The number of rotatable bonds is 2. The van der Waals surface area contributed by atoms with Gasteiger partial charge in [-0.1, -0.05) is 31.5 Å². The highest BCUT2D eigenvalue weighted by Crippen LogP contribution is 2.52. The van der Waals surface area contributed by atoms with Crippen molar-refractivity contribution in [3.8, 4) is 0 Å². The van der Waals surface area contributed by atoms with Gasteiger partial charge in [0.15, 0.2) is 0 Å². The molecule has 2 unspecified atom stereocenters. The number of likely N-dealkylation sites (tertiary alicyclic amines) is 1. The number of amides is 1. The van der Waals surface area contributed by atoms with E-state index in [4.69, 9.17) is 17.0 Å². The molecule has 0 aromatic heterocycles. The molecule has 3 rings (SSSR count). The molecule has 3 aliphatic rings. The predicted molar refractivity (Wildman–Crippen MR) is 90.9 cm³/mol. The predicted octanol–water partition coefficient (Wildman–Crippen LogP) is 3.35. The minimum atomic E-state index is -0.416. The molecule has 1 heterocycles. The van der Waals surface area contributed by atoms with Crippen LogP contribution in [0.5, 0.6) is 0 Å². The molecule has 3 atom stereocenters. The first-order chi connectivity index (χ1) is 10.3. The molecule has 1 saturated heterocycles. The van der Waals surface area contributed by atoms with E-state index < -0.39 is 5.60 Å². The molecule has 2 aliphatic carbocycles. The lowest BCUT2D eigenvalue weighted by atomic mass is 9.95. The zero-order valence-corrected chi connectivity index (χ0v) is 14.7. The molecule has 0 aromatic rings. The van der Waals surface area contributed by atoms with E-state index >= 15 is 0 Å². The molecule has 1 amide bonds. The normalized spacial score (nSPS) is 31.6. The van der Waals surface area contributed by atoms with Crippen LogP contribution in [0.15, 0.2) is 0 Å². The van der Waals surface area contributed by atoms with Gasteiger partial charge < -0.3 is 15.0 Å². The number of hydrogen-bond acceptors (Lipinski definition) is 3. The van der Waals surface area contributed by atoms with Crippen LogP contribution in [-0.4, -0.2) is 40.7 Å². The average Bonchev–Trinajstić information content (AvgIpc) is 2.93. The largest absolute Gasteiger partial charge is 0.444 e. The van der Waals surface area contributed by atoms with Crippen molar-refractivity contribution in [1.82, 2.24) is 10.2 Å². The maximum absolute atomic E-state index is 12.1. The van der Waals surface area contributed by atoms with Crippen LogP contribution in [0.3, 0.4) is 0 Å². The highest BCUT2D eigenvalue weighted by atomic mass is 32.1. The fraction of sp³-hybridized carbons (Fsp3) is 0.882. The van der Waals surface area contributed by atoms with E-state index in [2.05, 4.69) is 5.32 Å². The third-order valence-corrected chi connectivity index (χ3v) is 5.49. The van der Waals surface area contributed by atoms with Gasteiger partial charge >= 0.3 is 6.09 Å². The van der Waals surface area contributed by atoms with Crippen molar-refractivity contribution in [2.24, 2.45) is 17.8 Å². The average molecular weight is 324 g/mol. The van der Waals surface area contributed by atoms with Gasteiger partial charge in [0.25, 0.3) is 0 Å². The van der Waals surface area contributed by atoms with Crippen LogP contribution in [0.2, 0.25) is 0 Å². The Labute approximate surface area is 139 Å². The van der Waals surface area contributed by atoms with Crippen LogP contribution in [0.4, 0.5) is 4.79 Å². The van der Waals surface area contributed by atoms with Gasteiger partial charge in [-0.15, -0.1) is 0 Å². The van der Waals surface area contributed by atoms with Gasteiger partial charge in [0.05, 0.1) is 4.99 Å². The van der Waals surface area contributed by atoms with E-state index in [1.54, 1.807) is 0 Å². The van der Waals surface area contributed by atoms with Crippen molar-refractivity contribution in [2.45, 2.75) is 64.5 Å². The van der Waals surface area contributed by atoms with E-state index in [0.29, 0.717) is 23.8 Å². The molecule has 22 heavy (non-hydrogen) atoms. The van der Waals surface area contributed by atoms with Crippen LogP contribution in [0.1, 0.15) is 52.9 Å². The minimum absolute atomic E-state index is 0.176. The summed E-state index contributed by atoms with van der Waals surface area (Å²) in [6.07, 6.45) is 6.35. The Morgan fingerprint density at radius 1 is 1.14 bits per heavy atom. The smallest absolute Gasteiger partial charge is 0.410 e. The summed E-state index contributed by atoms with van der Waals surface area (Å²) in [7, 11) is 0. The number of nitrogens with zero attached hydrogens (tertiary/aromatic N) is 1. The Kier molecular flexibility index (Phi) is 4.36. The number of thiocarbonyl (C=S) groups is 1. The van der Waals surface area contributed by atoms with E-state index in [1.165, 1.54) is 32.1 Å². The lowest BCUT2D eigenvalue weighted by Crippen LogP contribution is -2.40. The quantitative estimate of drug-likeness (QED) is 0.791. The van der Waals surface area contributed by atoms with Crippen molar-refractivity contribution in [3.63, 3.8) is 0 Å². The summed E-state index contributed by atoms with van der Waals surface area (Å²) < 4.78 is 5.45. The van der Waals surface area contributed by atoms with Crippen molar-refractivity contribution in [1.29, 1.82) is 0 Å². The van der Waals surface area contributed by atoms with Gasteiger partial charge in [-0.25, -0.2) is 4.79 Å². The van der Waals surface area contributed by atoms with Crippen molar-refractivity contribution in [3.05, 3.63) is 0 Å². The van der Waals surface area contributed by atoms with E-state index in [0.717, 1.165) is 18.1 Å². The Morgan fingerprint density at radius 2 is 1.73 bits per heavy atom. The number of fused-ring (bicyclic) bond motifs is 1. The van der Waals surface area contributed by atoms with Crippen LogP contribution in [0, 0.1) is 17.8 Å². The Morgan fingerprint density at radius 3 is 2.27 bits per heavy atom. The minimum Gasteiger partial charge on any atom is -0.444 e. The Bertz CT molecular complexity index is 442. The fourth-order valence-corrected chi connectivity index (χ4v) is 4.45. The Hall–Kier alpha value is -0.840. The second-order valence-electron chi connectivity index (χ2n) is 8.08. The van der Waals surface area contributed by atoms with Gasteiger partial charge in [0.2, 0.25) is 0 Å². The summed E-state index contributed by atoms with van der Waals surface area (Å²) >= 11 is 5.62. The SMILES string of the molecule is CC(C)(C)OC(=O)N1CC2C(C(=S)NC3CCCCC3)[C@@H]2C1. The summed E-state index contributed by atoms with van der Waals surface area (Å²) in [5.41, 5.74) is -0.416. The summed E-state index contributed by atoms with van der Waals surface area (Å²) in [6, 6.07) is 0.588. The molecule has 0 spiro atoms. The second kappa shape index (κ2) is 5.99. The molecular weight excluding hydrogens is 296 g/mol. The summed E-state index contributed by atoms with van der Waals surface area (Å²) in [5.74, 6) is 1.60. The van der Waals surface area contributed by atoms with Gasteiger partial charge in [-0.05, 0) is 45.4 Å². The number of piperidine rings is 1. The van der Waals surface area contributed by atoms with Crippen LogP contribution < -0.4 is 5.32 Å². The molecule has 5 heteroatoms. The van der Waals surface area contributed by atoms with Gasteiger partial charge in [0.1, 0.15) is 5.60 Å². The van der Waals surface area contributed by atoms with E-state index in [1.807, 2.05) is 25.7 Å². The fourth-order valence-electron chi connectivity index (χ4n) is 3.94. The molecule has 3 fully saturated rings. The van der Waals surface area contributed by atoms with Crippen molar-refractivity contribution in [2.75, 3.05) is 13.1 Å². The van der Waals surface area contributed by atoms with Crippen molar-refractivity contribution >= 4 is 23.3 Å². The molecule has 2 saturated carbocycles. The van der Waals surface area contributed by atoms with Crippen molar-refractivity contribution < 1.29 is 9.53 Å². The maximum Gasteiger partial charge on any atom is 0.410 e. The summed E-state index contributed by atoms with van der Waals surface area (Å²) in [4.78, 5) is 15.0. The molecule has 0 radical (unpaired) electrons. The number of carbonyl (C=O) groups excluding carboxylic acids is 1. The highest BCUT2D eigenvalue weighted by Gasteiger charge is 2.59. The monoisotopic (exact) mass is 324 g/mol. The van der Waals surface area contributed by atoms with Gasteiger partial charge in [0, 0.05) is 25.0 Å². The second-order valence-corrected chi connectivity index (χ2v) is 8.52.